The Labute approximate surface area is 172 Å². The van der Waals surface area contributed by atoms with E-state index in [1.54, 1.807) is 18.2 Å². The van der Waals surface area contributed by atoms with Gasteiger partial charge in [-0.25, -0.2) is 4.98 Å². The van der Waals surface area contributed by atoms with E-state index in [2.05, 4.69) is 9.88 Å². The van der Waals surface area contributed by atoms with Crippen molar-refractivity contribution in [3.63, 3.8) is 0 Å². The number of nitrogens with zero attached hydrogens (tertiary/aromatic N) is 4. The largest absolute Gasteiger partial charge is 0.493 e. The minimum absolute atomic E-state index is 0.133. The number of methoxy groups -OCH3 is 1. The lowest BCUT2D eigenvalue weighted by Crippen LogP contribution is -2.33. The Bertz CT molecular complexity index is 844. The second-order valence-corrected chi connectivity index (χ2v) is 7.84. The van der Waals surface area contributed by atoms with Crippen molar-refractivity contribution in [1.82, 2.24) is 19.4 Å². The molecule has 3 heterocycles. The topological polar surface area (TPSA) is 59.8 Å². The van der Waals surface area contributed by atoms with Gasteiger partial charge in [-0.15, -0.1) is 0 Å². The molecule has 156 valence electrons. The first kappa shape index (κ1) is 19.8. The van der Waals surface area contributed by atoms with E-state index >= 15 is 0 Å². The third-order valence-corrected chi connectivity index (χ3v) is 5.94. The third-order valence-electron chi connectivity index (χ3n) is 5.94. The van der Waals surface area contributed by atoms with Crippen molar-refractivity contribution in [3.05, 3.63) is 30.6 Å². The Morgan fingerprint density at radius 2 is 1.97 bits per heavy atom. The molecule has 0 aliphatic carbocycles. The van der Waals surface area contributed by atoms with Crippen LogP contribution in [0.25, 0.3) is 11.4 Å². The normalized spacial score (nSPS) is 20.3. The summed E-state index contributed by atoms with van der Waals surface area (Å²) in [4.78, 5) is 21.2. The molecule has 4 rings (SSSR count). The summed E-state index contributed by atoms with van der Waals surface area (Å²) in [5, 5.41) is 0. The molecule has 7 nitrogen and oxygen atoms in total. The number of carbonyl (C=O) groups is 1. The number of likely N-dealkylation sites (tertiary alicyclic amines) is 2. The highest BCUT2D eigenvalue weighted by atomic mass is 16.5. The number of hydrogen-bond donors (Lipinski definition) is 0. The summed E-state index contributed by atoms with van der Waals surface area (Å²) in [5.74, 6) is 2.33. The van der Waals surface area contributed by atoms with E-state index in [4.69, 9.17) is 9.47 Å². The van der Waals surface area contributed by atoms with Crippen LogP contribution in [0, 0.1) is 0 Å². The summed E-state index contributed by atoms with van der Waals surface area (Å²) in [6.45, 7) is 4.68. The fraction of sp³-hybridized carbons (Fsp3) is 0.545. The lowest BCUT2D eigenvalue weighted by atomic mass is 10.1. The van der Waals surface area contributed by atoms with Crippen LogP contribution in [0.15, 0.2) is 30.6 Å². The van der Waals surface area contributed by atoms with Crippen LogP contribution < -0.4 is 9.47 Å². The monoisotopic (exact) mass is 398 g/mol. The maximum Gasteiger partial charge on any atom is 0.245 e. The molecule has 0 radical (unpaired) electrons. The minimum atomic E-state index is -0.191. The molecule has 2 saturated heterocycles. The summed E-state index contributed by atoms with van der Waals surface area (Å²) in [5.41, 5.74) is 0.914. The first-order valence-corrected chi connectivity index (χ1v) is 10.5. The van der Waals surface area contributed by atoms with Crippen molar-refractivity contribution in [2.24, 2.45) is 0 Å². The van der Waals surface area contributed by atoms with E-state index in [0.29, 0.717) is 12.4 Å². The van der Waals surface area contributed by atoms with Gasteiger partial charge in [-0.1, -0.05) is 6.42 Å². The lowest BCUT2D eigenvalue weighted by Gasteiger charge is -2.26. The van der Waals surface area contributed by atoms with Crippen molar-refractivity contribution < 1.29 is 14.3 Å². The number of aromatic nitrogens is 2. The number of rotatable bonds is 7. The molecule has 0 bridgehead atoms. The maximum absolute atomic E-state index is 12.4. The molecule has 1 unspecified atom stereocenters. The Hall–Kier alpha value is -2.54. The van der Waals surface area contributed by atoms with Gasteiger partial charge in [-0.05, 0) is 50.6 Å². The number of benzene rings is 1. The van der Waals surface area contributed by atoms with Gasteiger partial charge in [0.15, 0.2) is 11.5 Å². The molecule has 1 aromatic heterocycles. The highest BCUT2D eigenvalue weighted by molar-refractivity contribution is 5.83. The van der Waals surface area contributed by atoms with Crippen LogP contribution in [0.1, 0.15) is 31.7 Å². The van der Waals surface area contributed by atoms with Gasteiger partial charge in [0, 0.05) is 38.1 Å². The zero-order chi connectivity index (χ0) is 20.2. The molecule has 1 aromatic carbocycles. The Balaban J connectivity index is 1.47. The maximum atomic E-state index is 12.4. The molecule has 0 N–H and O–H groups in total. The SMILES string of the molecule is COc1cc(-c2nccn2C2CCN(C)C2=O)ccc1OCCN1CCCCC1. The Morgan fingerprint density at radius 1 is 1.14 bits per heavy atom. The number of piperidine rings is 1. The second-order valence-electron chi connectivity index (χ2n) is 7.84. The quantitative estimate of drug-likeness (QED) is 0.718. The summed E-state index contributed by atoms with van der Waals surface area (Å²) < 4.78 is 13.6. The second kappa shape index (κ2) is 8.86. The van der Waals surface area contributed by atoms with Crippen molar-refractivity contribution in [2.75, 3.05) is 46.9 Å². The van der Waals surface area contributed by atoms with Gasteiger partial charge in [0.2, 0.25) is 5.91 Å². The van der Waals surface area contributed by atoms with Gasteiger partial charge in [0.1, 0.15) is 18.5 Å². The summed E-state index contributed by atoms with van der Waals surface area (Å²) in [6, 6.07) is 5.68. The smallest absolute Gasteiger partial charge is 0.245 e. The number of imidazole rings is 1. The number of hydrogen-bond acceptors (Lipinski definition) is 5. The van der Waals surface area contributed by atoms with Gasteiger partial charge in [-0.3, -0.25) is 9.69 Å². The van der Waals surface area contributed by atoms with E-state index in [0.717, 1.165) is 49.7 Å². The highest BCUT2D eigenvalue weighted by Crippen LogP contribution is 2.34. The Morgan fingerprint density at radius 3 is 2.69 bits per heavy atom. The fourth-order valence-corrected chi connectivity index (χ4v) is 4.24. The molecule has 0 saturated carbocycles. The number of carbonyl (C=O) groups excluding carboxylic acids is 1. The first-order chi connectivity index (χ1) is 14.2. The van der Waals surface area contributed by atoms with Crippen molar-refractivity contribution in [1.29, 1.82) is 0 Å². The first-order valence-electron chi connectivity index (χ1n) is 10.5. The van der Waals surface area contributed by atoms with Gasteiger partial charge >= 0.3 is 0 Å². The van der Waals surface area contributed by atoms with Crippen molar-refractivity contribution >= 4 is 5.91 Å². The molecular weight excluding hydrogens is 368 g/mol. The minimum Gasteiger partial charge on any atom is -0.493 e. The average Bonchev–Trinajstić information content (AvgIpc) is 3.36. The number of likely N-dealkylation sites (N-methyl/N-ethyl adjacent to an activating group) is 1. The predicted molar refractivity (Wildman–Crippen MR) is 111 cm³/mol. The molecule has 2 fully saturated rings. The van der Waals surface area contributed by atoms with E-state index in [1.807, 2.05) is 36.0 Å². The summed E-state index contributed by atoms with van der Waals surface area (Å²) >= 11 is 0. The van der Waals surface area contributed by atoms with Crippen LogP contribution >= 0.6 is 0 Å². The molecule has 1 atom stereocenters. The van der Waals surface area contributed by atoms with E-state index < -0.39 is 0 Å². The van der Waals surface area contributed by atoms with Crippen LogP contribution in [-0.2, 0) is 4.79 Å². The van der Waals surface area contributed by atoms with Gasteiger partial charge in [0.05, 0.1) is 7.11 Å². The van der Waals surface area contributed by atoms with Crippen molar-refractivity contribution in [3.8, 4) is 22.9 Å². The van der Waals surface area contributed by atoms with Crippen molar-refractivity contribution in [2.45, 2.75) is 31.7 Å². The van der Waals surface area contributed by atoms with Crippen LogP contribution in [0.3, 0.4) is 0 Å². The molecule has 2 aromatic rings. The molecule has 2 aliphatic rings. The zero-order valence-electron chi connectivity index (χ0n) is 17.3. The predicted octanol–water partition coefficient (Wildman–Crippen LogP) is 2.83. The van der Waals surface area contributed by atoms with Gasteiger partial charge in [-0.2, -0.15) is 0 Å². The van der Waals surface area contributed by atoms with Crippen LogP contribution in [0.4, 0.5) is 0 Å². The Kier molecular flexibility index (Phi) is 6.04. The standard InChI is InChI=1S/C22H30N4O3/c1-24-12-8-18(22(24)27)26-13-9-23-21(26)17-6-7-19(20(16-17)28-2)29-15-14-25-10-4-3-5-11-25/h6-7,9,13,16,18H,3-5,8,10-12,14-15H2,1-2H3. The molecule has 7 heteroatoms. The van der Waals surface area contributed by atoms with E-state index in [-0.39, 0.29) is 11.9 Å². The molecule has 1 amide bonds. The fourth-order valence-electron chi connectivity index (χ4n) is 4.24. The van der Waals surface area contributed by atoms with Gasteiger partial charge in [0.25, 0.3) is 0 Å². The average molecular weight is 399 g/mol. The number of amides is 1. The molecule has 2 aliphatic heterocycles. The third kappa shape index (κ3) is 4.24. The summed E-state index contributed by atoms with van der Waals surface area (Å²) in [6.07, 6.45) is 8.33. The van der Waals surface area contributed by atoms with Gasteiger partial charge < -0.3 is 18.9 Å². The van der Waals surface area contributed by atoms with E-state index in [9.17, 15) is 4.79 Å². The van der Waals surface area contributed by atoms with Crippen LogP contribution in [0.5, 0.6) is 11.5 Å². The highest BCUT2D eigenvalue weighted by Gasteiger charge is 2.32. The van der Waals surface area contributed by atoms with Crippen LogP contribution in [-0.4, -0.2) is 72.2 Å². The molecule has 29 heavy (non-hydrogen) atoms. The molecular formula is C22H30N4O3. The zero-order valence-corrected chi connectivity index (χ0v) is 17.3. The number of ether oxygens (including phenoxy) is 2. The van der Waals surface area contributed by atoms with E-state index in [1.165, 1.54) is 19.3 Å². The lowest BCUT2D eigenvalue weighted by molar-refractivity contribution is -0.129. The summed E-state index contributed by atoms with van der Waals surface area (Å²) in [7, 11) is 3.50. The molecule has 0 spiro atoms. The van der Waals surface area contributed by atoms with Crippen LogP contribution in [0.2, 0.25) is 0 Å².